The summed E-state index contributed by atoms with van der Waals surface area (Å²) >= 11 is 0. The van der Waals surface area contributed by atoms with Crippen molar-refractivity contribution in [1.29, 1.82) is 0 Å². The summed E-state index contributed by atoms with van der Waals surface area (Å²) < 4.78 is 0. The van der Waals surface area contributed by atoms with Crippen LogP contribution in [0, 0.1) is 6.92 Å². The van der Waals surface area contributed by atoms with Gasteiger partial charge in [-0.2, -0.15) is 0 Å². The van der Waals surface area contributed by atoms with Crippen molar-refractivity contribution in [2.45, 2.75) is 44.7 Å². The molecule has 0 radical (unpaired) electrons. The highest BCUT2D eigenvalue weighted by Gasteiger charge is 2.27. The lowest BCUT2D eigenvalue weighted by molar-refractivity contribution is 0.420. The van der Waals surface area contributed by atoms with Gasteiger partial charge < -0.3 is 10.2 Å². The molecule has 1 aromatic heterocycles. The zero-order valence-electron chi connectivity index (χ0n) is 10.5. The molecule has 0 amide bonds. The number of pyridine rings is 1. The molecule has 1 saturated carbocycles. The van der Waals surface area contributed by atoms with Gasteiger partial charge in [0.25, 0.3) is 0 Å². The zero-order chi connectivity index (χ0) is 11.7. The summed E-state index contributed by atoms with van der Waals surface area (Å²) in [6, 6.07) is 5.73. The quantitative estimate of drug-likeness (QED) is 0.863. The van der Waals surface area contributed by atoms with Gasteiger partial charge in [0, 0.05) is 31.4 Å². The van der Waals surface area contributed by atoms with E-state index in [2.05, 4.69) is 28.2 Å². The minimum absolute atomic E-state index is 0.677. The first-order valence-corrected chi connectivity index (χ1v) is 6.75. The fourth-order valence-corrected chi connectivity index (χ4v) is 2.73. The molecular weight excluding hydrogens is 210 g/mol. The van der Waals surface area contributed by atoms with Crippen molar-refractivity contribution in [3.05, 3.63) is 24.0 Å². The maximum absolute atomic E-state index is 4.39. The molecule has 3 heteroatoms. The molecule has 0 aromatic carbocycles. The minimum atomic E-state index is 0.677. The van der Waals surface area contributed by atoms with Crippen LogP contribution in [0.3, 0.4) is 0 Å². The molecule has 17 heavy (non-hydrogen) atoms. The maximum Gasteiger partial charge on any atom is 0.0605 e. The summed E-state index contributed by atoms with van der Waals surface area (Å²) in [7, 11) is 0. The molecule has 1 saturated heterocycles. The second kappa shape index (κ2) is 4.65. The molecule has 1 N–H and O–H groups in total. The molecule has 1 unspecified atom stereocenters. The highest BCUT2D eigenvalue weighted by molar-refractivity contribution is 5.50. The van der Waals surface area contributed by atoms with Crippen molar-refractivity contribution < 1.29 is 0 Å². The van der Waals surface area contributed by atoms with Crippen molar-refractivity contribution >= 4 is 5.69 Å². The first-order chi connectivity index (χ1) is 8.33. The van der Waals surface area contributed by atoms with E-state index in [1.807, 2.05) is 12.3 Å². The van der Waals surface area contributed by atoms with Gasteiger partial charge in [-0.3, -0.25) is 4.98 Å². The van der Waals surface area contributed by atoms with E-state index in [4.69, 9.17) is 0 Å². The second-order valence-electron chi connectivity index (χ2n) is 5.33. The Hall–Kier alpha value is -1.09. The van der Waals surface area contributed by atoms with Crippen LogP contribution < -0.4 is 10.2 Å². The standard InChI is InChI=1S/C14H21N3/c1-11-14(5-2-8-15-11)17-9-3-4-13(10-17)16-12-6-7-12/h2,5,8,12-13,16H,3-4,6-7,9-10H2,1H3. The molecule has 0 bridgehead atoms. The zero-order valence-corrected chi connectivity index (χ0v) is 10.5. The molecule has 1 atom stereocenters. The highest BCUT2D eigenvalue weighted by atomic mass is 15.2. The Balaban J connectivity index is 1.68. The van der Waals surface area contributed by atoms with E-state index in [0.717, 1.165) is 18.3 Å². The number of anilines is 1. The van der Waals surface area contributed by atoms with Crippen LogP contribution in [0.1, 0.15) is 31.4 Å². The lowest BCUT2D eigenvalue weighted by Gasteiger charge is -2.35. The number of nitrogens with one attached hydrogen (secondary N) is 1. The van der Waals surface area contributed by atoms with E-state index in [0.29, 0.717) is 6.04 Å². The van der Waals surface area contributed by atoms with Gasteiger partial charge in [0.1, 0.15) is 0 Å². The topological polar surface area (TPSA) is 28.2 Å². The Morgan fingerprint density at radius 1 is 1.29 bits per heavy atom. The SMILES string of the molecule is Cc1ncccc1N1CCCC(NC2CC2)C1. The summed E-state index contributed by atoms with van der Waals surface area (Å²) in [6.45, 7) is 4.42. The Morgan fingerprint density at radius 3 is 2.94 bits per heavy atom. The van der Waals surface area contributed by atoms with E-state index in [-0.39, 0.29) is 0 Å². The molecule has 3 rings (SSSR count). The molecule has 0 spiro atoms. The molecule has 1 aromatic rings. The van der Waals surface area contributed by atoms with Crippen LogP contribution >= 0.6 is 0 Å². The lowest BCUT2D eigenvalue weighted by atomic mass is 10.0. The van der Waals surface area contributed by atoms with Gasteiger partial charge in [-0.15, -0.1) is 0 Å². The second-order valence-corrected chi connectivity index (χ2v) is 5.33. The monoisotopic (exact) mass is 231 g/mol. The van der Waals surface area contributed by atoms with Crippen molar-refractivity contribution in [3.8, 4) is 0 Å². The minimum Gasteiger partial charge on any atom is -0.369 e. The van der Waals surface area contributed by atoms with Gasteiger partial charge >= 0.3 is 0 Å². The molecule has 92 valence electrons. The van der Waals surface area contributed by atoms with Gasteiger partial charge in [0.05, 0.1) is 11.4 Å². The third kappa shape index (κ3) is 2.60. The Kier molecular flexibility index (Phi) is 3.02. The highest BCUT2D eigenvalue weighted by Crippen LogP contribution is 2.25. The fourth-order valence-electron chi connectivity index (χ4n) is 2.73. The number of rotatable bonds is 3. The molecule has 2 heterocycles. The Morgan fingerprint density at radius 2 is 2.18 bits per heavy atom. The van der Waals surface area contributed by atoms with Crippen LogP contribution in [-0.4, -0.2) is 30.2 Å². The largest absolute Gasteiger partial charge is 0.369 e. The fraction of sp³-hybridized carbons (Fsp3) is 0.643. The Bertz CT molecular complexity index is 387. The molecule has 2 aliphatic rings. The average Bonchev–Trinajstić information content (AvgIpc) is 3.14. The predicted octanol–water partition coefficient (Wildman–Crippen LogP) is 2.11. The first-order valence-electron chi connectivity index (χ1n) is 6.75. The summed E-state index contributed by atoms with van der Waals surface area (Å²) in [6.07, 6.45) is 7.25. The van der Waals surface area contributed by atoms with Gasteiger partial charge in [0.2, 0.25) is 0 Å². The van der Waals surface area contributed by atoms with Crippen LogP contribution in [0.25, 0.3) is 0 Å². The van der Waals surface area contributed by atoms with Crippen molar-refractivity contribution in [3.63, 3.8) is 0 Å². The predicted molar refractivity (Wildman–Crippen MR) is 70.4 cm³/mol. The van der Waals surface area contributed by atoms with Crippen LogP contribution in [0.15, 0.2) is 18.3 Å². The molecular formula is C14H21N3. The maximum atomic E-state index is 4.39. The van der Waals surface area contributed by atoms with Crippen LogP contribution in [0.2, 0.25) is 0 Å². The Labute approximate surface area is 103 Å². The summed E-state index contributed by atoms with van der Waals surface area (Å²) in [5, 5.41) is 3.75. The van der Waals surface area contributed by atoms with Gasteiger partial charge in [-0.25, -0.2) is 0 Å². The van der Waals surface area contributed by atoms with E-state index >= 15 is 0 Å². The number of hydrogen-bond donors (Lipinski definition) is 1. The van der Waals surface area contributed by atoms with Gasteiger partial charge in [-0.1, -0.05) is 0 Å². The van der Waals surface area contributed by atoms with Crippen molar-refractivity contribution in [1.82, 2.24) is 10.3 Å². The third-order valence-corrected chi connectivity index (χ3v) is 3.79. The molecule has 2 fully saturated rings. The molecule has 1 aliphatic heterocycles. The van der Waals surface area contributed by atoms with Crippen LogP contribution in [-0.2, 0) is 0 Å². The van der Waals surface area contributed by atoms with E-state index in [1.54, 1.807) is 0 Å². The van der Waals surface area contributed by atoms with Crippen molar-refractivity contribution in [2.75, 3.05) is 18.0 Å². The summed E-state index contributed by atoms with van der Waals surface area (Å²) in [4.78, 5) is 6.88. The van der Waals surface area contributed by atoms with Gasteiger partial charge in [-0.05, 0) is 44.7 Å². The van der Waals surface area contributed by atoms with Gasteiger partial charge in [0.15, 0.2) is 0 Å². The van der Waals surface area contributed by atoms with Crippen LogP contribution in [0.5, 0.6) is 0 Å². The van der Waals surface area contributed by atoms with Crippen molar-refractivity contribution in [2.24, 2.45) is 0 Å². The number of aryl methyl sites for hydroxylation is 1. The normalized spacial score (nSPS) is 25.0. The number of aromatic nitrogens is 1. The van der Waals surface area contributed by atoms with E-state index < -0.39 is 0 Å². The lowest BCUT2D eigenvalue weighted by Crippen LogP contribution is -2.46. The average molecular weight is 231 g/mol. The number of piperidine rings is 1. The van der Waals surface area contributed by atoms with Crippen LogP contribution in [0.4, 0.5) is 5.69 Å². The van der Waals surface area contributed by atoms with E-state index in [9.17, 15) is 0 Å². The smallest absolute Gasteiger partial charge is 0.0605 e. The first kappa shape index (κ1) is 11.0. The number of hydrogen-bond acceptors (Lipinski definition) is 3. The van der Waals surface area contributed by atoms with E-state index in [1.165, 1.54) is 37.9 Å². The third-order valence-electron chi connectivity index (χ3n) is 3.79. The summed E-state index contributed by atoms with van der Waals surface area (Å²) in [5.74, 6) is 0. The summed E-state index contributed by atoms with van der Waals surface area (Å²) in [5.41, 5.74) is 2.47. The number of nitrogens with zero attached hydrogens (tertiary/aromatic N) is 2. The molecule has 3 nitrogen and oxygen atoms in total. The molecule has 1 aliphatic carbocycles.